The summed E-state index contributed by atoms with van der Waals surface area (Å²) in [6, 6.07) is 16.9. The van der Waals surface area contributed by atoms with E-state index in [1.54, 1.807) is 43.7 Å². The average Bonchev–Trinajstić information content (AvgIpc) is 3.40. The molecule has 2 aromatic carbocycles. The molecule has 0 aliphatic carbocycles. The Bertz CT molecular complexity index is 1160. The van der Waals surface area contributed by atoms with E-state index in [9.17, 15) is 9.18 Å². The Morgan fingerprint density at radius 1 is 1.13 bits per heavy atom. The molecular formula is C23H18FN3O3S. The number of para-hydroxylation sites is 1. The number of hydrogen-bond acceptors (Lipinski definition) is 6. The number of rotatable bonds is 6. The number of ether oxygens (including phenoxy) is 1. The van der Waals surface area contributed by atoms with Gasteiger partial charge in [-0.05, 0) is 53.7 Å². The number of hydrogen-bond donors (Lipinski definition) is 0. The molecule has 0 bridgehead atoms. The minimum atomic E-state index is -0.323. The number of furan rings is 1. The molecule has 0 saturated carbocycles. The largest absolute Gasteiger partial charge is 0.496 e. The third-order valence-corrected chi connectivity index (χ3v) is 5.42. The van der Waals surface area contributed by atoms with Gasteiger partial charge in [0.25, 0.3) is 5.91 Å². The molecule has 156 valence electrons. The van der Waals surface area contributed by atoms with E-state index in [0.29, 0.717) is 27.1 Å². The van der Waals surface area contributed by atoms with Crippen LogP contribution in [-0.4, -0.2) is 29.3 Å². The maximum Gasteiger partial charge on any atom is 0.267 e. The Balaban J connectivity index is 1.63. The summed E-state index contributed by atoms with van der Waals surface area (Å²) in [6.07, 6.45) is 4.83. The normalized spacial score (nSPS) is 16.7. The highest BCUT2D eigenvalue weighted by Crippen LogP contribution is 2.35. The van der Waals surface area contributed by atoms with Gasteiger partial charge in [0.1, 0.15) is 17.3 Å². The molecule has 3 aromatic rings. The van der Waals surface area contributed by atoms with Crippen LogP contribution >= 0.6 is 11.8 Å². The van der Waals surface area contributed by atoms with Gasteiger partial charge in [-0.1, -0.05) is 30.3 Å². The highest BCUT2D eigenvalue weighted by Gasteiger charge is 2.34. The Labute approximate surface area is 182 Å². The zero-order chi connectivity index (χ0) is 21.6. The summed E-state index contributed by atoms with van der Waals surface area (Å²) >= 11 is 1.22. The number of carbonyl (C=O) groups excluding carboxylic acids is 1. The van der Waals surface area contributed by atoms with Crippen LogP contribution in [0.25, 0.3) is 6.08 Å². The summed E-state index contributed by atoms with van der Waals surface area (Å²) in [5.74, 6) is 0.766. The van der Waals surface area contributed by atoms with Crippen LogP contribution in [0.15, 0.2) is 86.5 Å². The first-order valence-electron chi connectivity index (χ1n) is 9.37. The van der Waals surface area contributed by atoms with Gasteiger partial charge in [0.05, 0.1) is 31.0 Å². The highest BCUT2D eigenvalue weighted by molar-refractivity contribution is 8.18. The molecule has 1 aromatic heterocycles. The second-order valence-electron chi connectivity index (χ2n) is 6.50. The third-order valence-electron chi connectivity index (χ3n) is 4.43. The molecule has 2 heterocycles. The quantitative estimate of drug-likeness (QED) is 0.313. The summed E-state index contributed by atoms with van der Waals surface area (Å²) in [6.45, 7) is 0.229. The second kappa shape index (κ2) is 9.44. The Hall–Kier alpha value is -3.65. The Morgan fingerprint density at radius 3 is 2.68 bits per heavy atom. The van der Waals surface area contributed by atoms with E-state index < -0.39 is 0 Å². The number of methoxy groups -OCH3 is 1. The standard InChI is InChI=1S/C23H18FN3O3S/c1-29-20-7-3-2-5-17(20)13-21-22(28)27(15-19-6-4-12-30-19)23(31-21)26-25-14-16-8-10-18(24)11-9-16/h2-14H,15H2,1H3/b21-13-,25-14-,26-23+. The Morgan fingerprint density at radius 2 is 1.94 bits per heavy atom. The molecule has 4 rings (SSSR count). The lowest BCUT2D eigenvalue weighted by Gasteiger charge is -2.12. The molecule has 0 N–H and O–H groups in total. The topological polar surface area (TPSA) is 67.4 Å². The van der Waals surface area contributed by atoms with Crippen molar-refractivity contribution in [2.75, 3.05) is 7.11 Å². The maximum absolute atomic E-state index is 13.1. The van der Waals surface area contributed by atoms with Gasteiger partial charge >= 0.3 is 0 Å². The first-order chi connectivity index (χ1) is 15.1. The van der Waals surface area contributed by atoms with Crippen molar-refractivity contribution in [2.24, 2.45) is 10.2 Å². The van der Waals surface area contributed by atoms with Gasteiger partial charge in [-0.3, -0.25) is 9.69 Å². The molecular weight excluding hydrogens is 417 g/mol. The predicted molar refractivity (Wildman–Crippen MR) is 119 cm³/mol. The lowest BCUT2D eigenvalue weighted by molar-refractivity contribution is -0.122. The van der Waals surface area contributed by atoms with E-state index in [1.807, 2.05) is 24.3 Å². The van der Waals surface area contributed by atoms with Gasteiger partial charge in [0.15, 0.2) is 5.17 Å². The van der Waals surface area contributed by atoms with E-state index in [0.717, 1.165) is 5.56 Å². The van der Waals surface area contributed by atoms with E-state index in [-0.39, 0.29) is 18.3 Å². The van der Waals surface area contributed by atoms with Crippen molar-refractivity contribution in [2.45, 2.75) is 6.54 Å². The Kier molecular flexibility index (Phi) is 6.28. The van der Waals surface area contributed by atoms with Crippen LogP contribution in [0.4, 0.5) is 4.39 Å². The lowest BCUT2D eigenvalue weighted by Crippen LogP contribution is -2.28. The fourth-order valence-corrected chi connectivity index (χ4v) is 3.83. The molecule has 1 aliphatic rings. The minimum absolute atomic E-state index is 0.206. The number of nitrogens with zero attached hydrogens (tertiary/aromatic N) is 3. The predicted octanol–water partition coefficient (Wildman–Crippen LogP) is 4.93. The zero-order valence-electron chi connectivity index (χ0n) is 16.6. The molecule has 0 radical (unpaired) electrons. The summed E-state index contributed by atoms with van der Waals surface area (Å²) in [4.78, 5) is 15.1. The van der Waals surface area contributed by atoms with Crippen molar-refractivity contribution in [3.05, 3.63) is 94.5 Å². The second-order valence-corrected chi connectivity index (χ2v) is 7.51. The summed E-state index contributed by atoms with van der Waals surface area (Å²) < 4.78 is 23.8. The van der Waals surface area contributed by atoms with E-state index >= 15 is 0 Å². The van der Waals surface area contributed by atoms with Crippen LogP contribution in [0.3, 0.4) is 0 Å². The van der Waals surface area contributed by atoms with Crippen LogP contribution in [0, 0.1) is 5.82 Å². The number of thioether (sulfide) groups is 1. The van der Waals surface area contributed by atoms with Crippen LogP contribution in [0.1, 0.15) is 16.9 Å². The van der Waals surface area contributed by atoms with E-state index in [2.05, 4.69) is 10.2 Å². The molecule has 31 heavy (non-hydrogen) atoms. The van der Waals surface area contributed by atoms with Crippen LogP contribution in [0.2, 0.25) is 0 Å². The fraction of sp³-hybridized carbons (Fsp3) is 0.0870. The summed E-state index contributed by atoms with van der Waals surface area (Å²) in [5.41, 5.74) is 1.48. The monoisotopic (exact) mass is 435 g/mol. The number of benzene rings is 2. The zero-order valence-corrected chi connectivity index (χ0v) is 17.4. The van der Waals surface area contributed by atoms with Gasteiger partial charge in [-0.25, -0.2) is 4.39 Å². The number of amides is 1. The number of carbonyl (C=O) groups is 1. The van der Waals surface area contributed by atoms with Crippen molar-refractivity contribution in [3.8, 4) is 5.75 Å². The summed E-state index contributed by atoms with van der Waals surface area (Å²) in [7, 11) is 1.58. The van der Waals surface area contributed by atoms with Crippen LogP contribution in [-0.2, 0) is 11.3 Å². The van der Waals surface area contributed by atoms with Gasteiger partial charge in [0.2, 0.25) is 0 Å². The van der Waals surface area contributed by atoms with Gasteiger partial charge in [0, 0.05) is 5.56 Å². The van der Waals surface area contributed by atoms with Crippen molar-refractivity contribution < 1.29 is 18.3 Å². The lowest BCUT2D eigenvalue weighted by atomic mass is 10.2. The molecule has 8 heteroatoms. The van der Waals surface area contributed by atoms with Gasteiger partial charge in [-0.2, -0.15) is 5.10 Å². The third kappa shape index (κ3) is 4.92. The van der Waals surface area contributed by atoms with Crippen molar-refractivity contribution >= 4 is 35.1 Å². The summed E-state index contributed by atoms with van der Waals surface area (Å²) in [5, 5.41) is 8.74. The molecule has 0 spiro atoms. The molecule has 6 nitrogen and oxygen atoms in total. The van der Waals surface area contributed by atoms with Crippen molar-refractivity contribution in [3.63, 3.8) is 0 Å². The molecule has 0 atom stereocenters. The smallest absolute Gasteiger partial charge is 0.267 e. The van der Waals surface area contributed by atoms with Crippen LogP contribution in [0.5, 0.6) is 5.75 Å². The van der Waals surface area contributed by atoms with Crippen LogP contribution < -0.4 is 4.74 Å². The average molecular weight is 435 g/mol. The molecule has 1 fully saturated rings. The first-order valence-corrected chi connectivity index (χ1v) is 10.2. The number of amidine groups is 1. The minimum Gasteiger partial charge on any atom is -0.496 e. The molecule has 1 amide bonds. The van der Waals surface area contributed by atoms with Gasteiger partial charge < -0.3 is 9.15 Å². The SMILES string of the molecule is COc1ccccc1/C=C1\S/C(=N/N=C\c2ccc(F)cc2)N(Cc2ccco2)C1=O. The first kappa shape index (κ1) is 20.6. The van der Waals surface area contributed by atoms with E-state index in [1.165, 1.54) is 35.0 Å². The van der Waals surface area contributed by atoms with Gasteiger partial charge in [-0.15, -0.1) is 5.10 Å². The fourth-order valence-electron chi connectivity index (χ4n) is 2.90. The van der Waals surface area contributed by atoms with Crippen molar-refractivity contribution in [1.82, 2.24) is 4.90 Å². The van der Waals surface area contributed by atoms with Crippen molar-refractivity contribution in [1.29, 1.82) is 0 Å². The number of halogens is 1. The molecule has 1 saturated heterocycles. The highest BCUT2D eigenvalue weighted by atomic mass is 32.2. The maximum atomic E-state index is 13.1. The molecule has 0 unspecified atom stereocenters. The molecule has 1 aliphatic heterocycles. The van der Waals surface area contributed by atoms with E-state index in [4.69, 9.17) is 9.15 Å².